The van der Waals surface area contributed by atoms with E-state index in [-0.39, 0.29) is 23.8 Å². The molecule has 0 fully saturated rings. The van der Waals surface area contributed by atoms with Crippen molar-refractivity contribution in [1.82, 2.24) is 0 Å². The average Bonchev–Trinajstić information content (AvgIpc) is 2.05. The van der Waals surface area contributed by atoms with E-state index in [0.29, 0.717) is 0 Å². The molecular formula is C8H7LiNO3S. The van der Waals surface area contributed by atoms with Crippen LogP contribution in [-0.2, 0) is 14.3 Å². The van der Waals surface area contributed by atoms with Crippen LogP contribution in [0.2, 0.25) is 0 Å². The maximum Gasteiger partial charge on any atom is 0.348 e. The van der Waals surface area contributed by atoms with Gasteiger partial charge in [0, 0.05) is 18.9 Å². The standard InChI is InChI=1S/C8H7NO3S.Li/c1-7-2-4-8(5-3-7)13(10,11)12-6-9;/h2-5H,1H3;. The number of hydrogen-bond acceptors (Lipinski definition) is 4. The third-order valence-corrected chi connectivity index (χ3v) is 2.60. The number of nitriles is 1. The molecule has 0 bridgehead atoms. The Labute approximate surface area is 94.8 Å². The Kier molecular flexibility index (Phi) is 4.73. The smallest absolute Gasteiger partial charge is 0.299 e. The Hall–Kier alpha value is -0.943. The zero-order valence-corrected chi connectivity index (χ0v) is 8.71. The Morgan fingerprint density at radius 1 is 1.29 bits per heavy atom. The number of hydrogen-bond donors (Lipinski definition) is 0. The van der Waals surface area contributed by atoms with Gasteiger partial charge in [0.05, 0.1) is 0 Å². The van der Waals surface area contributed by atoms with Crippen molar-refractivity contribution < 1.29 is 12.6 Å². The SMILES string of the molecule is Cc1ccc(S(=O)(=O)OC#N)cc1.[Li]. The second-order valence-corrected chi connectivity index (χ2v) is 3.99. The molecule has 0 N–H and O–H groups in total. The monoisotopic (exact) mass is 204 g/mol. The van der Waals surface area contributed by atoms with Crippen molar-refractivity contribution in [2.75, 3.05) is 0 Å². The predicted molar refractivity (Wildman–Crippen MR) is 50.8 cm³/mol. The van der Waals surface area contributed by atoms with Gasteiger partial charge in [0.1, 0.15) is 4.90 Å². The maximum atomic E-state index is 11.1. The first-order chi connectivity index (χ1) is 6.06. The molecule has 1 radical (unpaired) electrons. The van der Waals surface area contributed by atoms with E-state index >= 15 is 0 Å². The maximum absolute atomic E-state index is 11.1. The molecule has 1 aromatic rings. The molecule has 6 heteroatoms. The molecule has 0 aromatic heterocycles. The summed E-state index contributed by atoms with van der Waals surface area (Å²) in [5.41, 5.74) is 0.941. The van der Waals surface area contributed by atoms with E-state index < -0.39 is 10.1 Å². The largest absolute Gasteiger partial charge is 0.348 e. The van der Waals surface area contributed by atoms with Crippen molar-refractivity contribution in [2.24, 2.45) is 0 Å². The van der Waals surface area contributed by atoms with Crippen molar-refractivity contribution in [3.63, 3.8) is 0 Å². The molecule has 4 nitrogen and oxygen atoms in total. The molecule has 69 valence electrons. The van der Waals surface area contributed by atoms with Crippen LogP contribution in [0.4, 0.5) is 0 Å². The number of benzene rings is 1. The number of nitrogens with zero attached hydrogens (tertiary/aromatic N) is 1. The normalized spacial score (nSPS) is 9.71. The second-order valence-electron chi connectivity index (χ2n) is 2.44. The topological polar surface area (TPSA) is 67.2 Å². The third kappa shape index (κ3) is 3.08. The minimum atomic E-state index is -3.89. The molecule has 1 rings (SSSR count). The van der Waals surface area contributed by atoms with Gasteiger partial charge in [0.2, 0.25) is 0 Å². The molecule has 0 saturated carbocycles. The first-order valence-electron chi connectivity index (χ1n) is 3.45. The molecule has 0 spiro atoms. The van der Waals surface area contributed by atoms with E-state index in [4.69, 9.17) is 5.26 Å². The van der Waals surface area contributed by atoms with Crippen LogP contribution in [0.1, 0.15) is 5.56 Å². The molecule has 0 unspecified atom stereocenters. The van der Waals surface area contributed by atoms with Gasteiger partial charge in [0.15, 0.2) is 0 Å². The summed E-state index contributed by atoms with van der Waals surface area (Å²) in [5.74, 6) is 0. The van der Waals surface area contributed by atoms with Crippen molar-refractivity contribution in [3.8, 4) is 6.26 Å². The zero-order chi connectivity index (χ0) is 9.90. The van der Waals surface area contributed by atoms with E-state index in [1.54, 1.807) is 12.1 Å². The summed E-state index contributed by atoms with van der Waals surface area (Å²) < 4.78 is 26.1. The minimum Gasteiger partial charge on any atom is -0.299 e. The van der Waals surface area contributed by atoms with E-state index in [9.17, 15) is 8.42 Å². The summed E-state index contributed by atoms with van der Waals surface area (Å²) in [7, 11) is -3.89. The number of rotatable bonds is 2. The van der Waals surface area contributed by atoms with Crippen molar-refractivity contribution >= 4 is 29.0 Å². The van der Waals surface area contributed by atoms with Gasteiger partial charge in [-0.15, -0.1) is 5.26 Å². The Bertz CT molecular complexity index is 433. The fourth-order valence-corrected chi connectivity index (χ4v) is 1.47. The van der Waals surface area contributed by atoms with Crippen LogP contribution in [0, 0.1) is 18.4 Å². The summed E-state index contributed by atoms with van der Waals surface area (Å²) in [4.78, 5) is -0.0142. The third-order valence-electron chi connectivity index (χ3n) is 1.46. The molecule has 1 aromatic carbocycles. The number of aryl methyl sites for hydroxylation is 1. The average molecular weight is 204 g/mol. The predicted octanol–water partition coefficient (Wildman–Crippen LogP) is 0.801. The van der Waals surface area contributed by atoms with Gasteiger partial charge in [-0.1, -0.05) is 17.7 Å². The quantitative estimate of drug-likeness (QED) is 0.406. The molecular weight excluding hydrogens is 197 g/mol. The molecule has 0 saturated heterocycles. The fourth-order valence-electron chi connectivity index (χ4n) is 0.802. The Balaban J connectivity index is 0.00000169. The van der Waals surface area contributed by atoms with E-state index in [1.165, 1.54) is 12.1 Å². The Morgan fingerprint density at radius 2 is 1.79 bits per heavy atom. The first-order valence-corrected chi connectivity index (χ1v) is 4.86. The van der Waals surface area contributed by atoms with Gasteiger partial charge in [-0.05, 0) is 19.1 Å². The molecule has 14 heavy (non-hydrogen) atoms. The summed E-state index contributed by atoms with van der Waals surface area (Å²) >= 11 is 0. The molecule has 0 aliphatic rings. The molecule has 0 aliphatic carbocycles. The zero-order valence-electron chi connectivity index (χ0n) is 7.89. The van der Waals surface area contributed by atoms with Crippen LogP contribution in [0.5, 0.6) is 0 Å². The van der Waals surface area contributed by atoms with Crippen LogP contribution in [0.25, 0.3) is 0 Å². The molecule has 0 atom stereocenters. The van der Waals surface area contributed by atoms with Gasteiger partial charge < -0.3 is 0 Å². The van der Waals surface area contributed by atoms with Crippen LogP contribution in [-0.4, -0.2) is 27.3 Å². The summed E-state index contributed by atoms with van der Waals surface area (Å²) in [5, 5.41) is 8.07. The van der Waals surface area contributed by atoms with Gasteiger partial charge in [0.25, 0.3) is 0 Å². The first kappa shape index (κ1) is 13.1. The second kappa shape index (κ2) is 5.07. The Morgan fingerprint density at radius 3 is 2.21 bits per heavy atom. The molecule has 0 amide bonds. The summed E-state index contributed by atoms with van der Waals surface area (Å²) in [6, 6.07) is 6.05. The van der Waals surface area contributed by atoms with Crippen LogP contribution >= 0.6 is 0 Å². The summed E-state index contributed by atoms with van der Waals surface area (Å²) in [6.45, 7) is 1.83. The van der Waals surface area contributed by atoms with Crippen LogP contribution in [0.3, 0.4) is 0 Å². The van der Waals surface area contributed by atoms with Gasteiger partial charge in [-0.2, -0.15) is 8.42 Å². The van der Waals surface area contributed by atoms with Crippen LogP contribution < -0.4 is 0 Å². The van der Waals surface area contributed by atoms with Crippen molar-refractivity contribution in [1.29, 1.82) is 5.26 Å². The van der Waals surface area contributed by atoms with Gasteiger partial charge >= 0.3 is 16.4 Å². The van der Waals surface area contributed by atoms with E-state index in [2.05, 4.69) is 4.18 Å². The van der Waals surface area contributed by atoms with Crippen molar-refractivity contribution in [3.05, 3.63) is 29.8 Å². The van der Waals surface area contributed by atoms with Crippen LogP contribution in [0.15, 0.2) is 29.2 Å². The minimum absolute atomic E-state index is 0. The molecule has 0 heterocycles. The van der Waals surface area contributed by atoms with E-state index in [0.717, 1.165) is 11.8 Å². The van der Waals surface area contributed by atoms with Gasteiger partial charge in [-0.25, -0.2) is 0 Å². The fraction of sp³-hybridized carbons (Fsp3) is 0.125. The molecule has 0 aliphatic heterocycles. The van der Waals surface area contributed by atoms with Crippen molar-refractivity contribution in [2.45, 2.75) is 11.8 Å². The summed E-state index contributed by atoms with van der Waals surface area (Å²) in [6.07, 6.45) is 1.13. The van der Waals surface area contributed by atoms with E-state index in [1.807, 2.05) is 6.92 Å². The van der Waals surface area contributed by atoms with Gasteiger partial charge in [-0.3, -0.25) is 4.18 Å².